The summed E-state index contributed by atoms with van der Waals surface area (Å²) in [5, 5.41) is 17.2. The number of pyridine rings is 1. The molecule has 3 aromatic rings. The van der Waals surface area contributed by atoms with Crippen molar-refractivity contribution in [2.24, 2.45) is 0 Å². The van der Waals surface area contributed by atoms with E-state index in [1.807, 2.05) is 13.8 Å². The van der Waals surface area contributed by atoms with Gasteiger partial charge < -0.3 is 15.4 Å². The van der Waals surface area contributed by atoms with Gasteiger partial charge in [0, 0.05) is 12.0 Å². The SMILES string of the molecule is Cc1cc(F)c(C(=O)Nc2cccc(-c3nnnn3C(C)C)n2)cc1C1CC1NC(=O)OC(C)(C)C. The zero-order chi connectivity index (χ0) is 26.2. The van der Waals surface area contributed by atoms with E-state index in [0.717, 1.165) is 5.56 Å². The lowest BCUT2D eigenvalue weighted by molar-refractivity contribution is 0.0522. The van der Waals surface area contributed by atoms with Gasteiger partial charge in [-0.05, 0) is 93.8 Å². The lowest BCUT2D eigenvalue weighted by Gasteiger charge is -2.19. The van der Waals surface area contributed by atoms with Crippen molar-refractivity contribution in [2.75, 3.05) is 5.32 Å². The number of nitrogens with zero attached hydrogens (tertiary/aromatic N) is 5. The molecule has 10 nitrogen and oxygen atoms in total. The average molecular weight is 496 g/mol. The highest BCUT2D eigenvalue weighted by molar-refractivity contribution is 6.04. The van der Waals surface area contributed by atoms with Gasteiger partial charge in [0.25, 0.3) is 5.91 Å². The van der Waals surface area contributed by atoms with Crippen LogP contribution in [0.15, 0.2) is 30.3 Å². The number of alkyl carbamates (subject to hydrolysis) is 1. The molecule has 0 saturated heterocycles. The molecule has 36 heavy (non-hydrogen) atoms. The number of carbonyl (C=O) groups is 2. The summed E-state index contributed by atoms with van der Waals surface area (Å²) in [6.07, 6.45) is 0.184. The van der Waals surface area contributed by atoms with Crippen LogP contribution >= 0.6 is 0 Å². The highest BCUT2D eigenvalue weighted by Crippen LogP contribution is 2.43. The molecule has 0 radical (unpaired) electrons. The second-order valence-electron chi connectivity index (χ2n) is 10.2. The van der Waals surface area contributed by atoms with Gasteiger partial charge in [0.05, 0.1) is 11.6 Å². The molecule has 2 atom stereocenters. The standard InChI is InChI=1S/C25H30FN7O3/c1-13(2)33-22(30-31-32-33)19-8-7-9-21(27-19)29-23(34)17-11-15(14(3)10-18(17)26)16-12-20(16)28-24(35)36-25(4,5)6/h7-11,13,16,20H,12H2,1-6H3,(H,28,35)(H,27,29,34). The Morgan fingerprint density at radius 2 is 1.97 bits per heavy atom. The van der Waals surface area contributed by atoms with Crippen molar-refractivity contribution in [3.05, 3.63) is 52.8 Å². The van der Waals surface area contributed by atoms with E-state index < -0.39 is 23.4 Å². The van der Waals surface area contributed by atoms with E-state index in [-0.39, 0.29) is 29.4 Å². The van der Waals surface area contributed by atoms with Crippen LogP contribution in [0.4, 0.5) is 15.0 Å². The predicted molar refractivity (Wildman–Crippen MR) is 131 cm³/mol. The van der Waals surface area contributed by atoms with Crippen LogP contribution < -0.4 is 10.6 Å². The summed E-state index contributed by atoms with van der Waals surface area (Å²) in [7, 11) is 0. The van der Waals surface area contributed by atoms with Crippen LogP contribution in [0.2, 0.25) is 0 Å². The second-order valence-corrected chi connectivity index (χ2v) is 10.2. The fourth-order valence-corrected chi connectivity index (χ4v) is 3.94. The van der Waals surface area contributed by atoms with Gasteiger partial charge in [-0.15, -0.1) is 5.10 Å². The Balaban J connectivity index is 1.50. The van der Waals surface area contributed by atoms with E-state index in [1.165, 1.54) is 6.07 Å². The number of ether oxygens (including phenoxy) is 1. The van der Waals surface area contributed by atoms with Gasteiger partial charge in [0.15, 0.2) is 0 Å². The van der Waals surface area contributed by atoms with Crippen molar-refractivity contribution in [2.45, 2.75) is 71.6 Å². The minimum Gasteiger partial charge on any atom is -0.444 e. The van der Waals surface area contributed by atoms with Crippen molar-refractivity contribution in [3.8, 4) is 11.5 Å². The number of nitrogens with one attached hydrogen (secondary N) is 2. The molecule has 4 rings (SSSR count). The largest absolute Gasteiger partial charge is 0.444 e. The third kappa shape index (κ3) is 5.67. The summed E-state index contributed by atoms with van der Waals surface area (Å²) in [5.41, 5.74) is 1.30. The molecule has 0 aliphatic heterocycles. The van der Waals surface area contributed by atoms with Crippen LogP contribution in [0, 0.1) is 12.7 Å². The summed E-state index contributed by atoms with van der Waals surface area (Å²) in [6, 6.07) is 7.83. The van der Waals surface area contributed by atoms with Crippen LogP contribution in [0.3, 0.4) is 0 Å². The Hall–Kier alpha value is -3.89. The molecule has 2 N–H and O–H groups in total. The number of benzene rings is 1. The molecular formula is C25H30FN7O3. The molecule has 1 aliphatic rings. The number of hydrogen-bond donors (Lipinski definition) is 2. The molecule has 1 aromatic carbocycles. The fourth-order valence-electron chi connectivity index (χ4n) is 3.94. The molecule has 1 aliphatic carbocycles. The van der Waals surface area contributed by atoms with Crippen LogP contribution in [0.25, 0.3) is 11.5 Å². The Labute approximate surface area is 208 Å². The zero-order valence-corrected chi connectivity index (χ0v) is 21.2. The lowest BCUT2D eigenvalue weighted by Crippen LogP contribution is -2.34. The normalized spacial score (nSPS) is 17.1. The molecule has 2 heterocycles. The van der Waals surface area contributed by atoms with Gasteiger partial charge in [-0.25, -0.2) is 18.9 Å². The Morgan fingerprint density at radius 1 is 1.22 bits per heavy atom. The molecule has 190 valence electrons. The summed E-state index contributed by atoms with van der Waals surface area (Å²) >= 11 is 0. The fraction of sp³-hybridized carbons (Fsp3) is 0.440. The Morgan fingerprint density at radius 3 is 2.67 bits per heavy atom. The van der Waals surface area contributed by atoms with E-state index in [2.05, 4.69) is 31.1 Å². The summed E-state index contributed by atoms with van der Waals surface area (Å²) in [4.78, 5) is 29.5. The molecular weight excluding hydrogens is 465 g/mol. The number of aromatic nitrogens is 5. The van der Waals surface area contributed by atoms with Crippen molar-refractivity contribution in [1.29, 1.82) is 0 Å². The number of halogens is 1. The van der Waals surface area contributed by atoms with Crippen molar-refractivity contribution in [3.63, 3.8) is 0 Å². The zero-order valence-electron chi connectivity index (χ0n) is 21.2. The minimum absolute atomic E-state index is 0.0196. The molecule has 1 saturated carbocycles. The molecule has 0 bridgehead atoms. The number of anilines is 1. The topological polar surface area (TPSA) is 124 Å². The van der Waals surface area contributed by atoms with E-state index >= 15 is 0 Å². The van der Waals surface area contributed by atoms with Gasteiger partial charge in [-0.2, -0.15) is 0 Å². The highest BCUT2D eigenvalue weighted by Gasteiger charge is 2.41. The smallest absolute Gasteiger partial charge is 0.407 e. The Bertz CT molecular complexity index is 1300. The molecule has 2 amide bonds. The van der Waals surface area contributed by atoms with Crippen LogP contribution in [0.1, 0.15) is 74.5 Å². The van der Waals surface area contributed by atoms with Gasteiger partial charge in [0.1, 0.15) is 22.9 Å². The molecule has 0 spiro atoms. The van der Waals surface area contributed by atoms with Crippen molar-refractivity contribution >= 4 is 17.8 Å². The number of aryl methyl sites for hydroxylation is 1. The number of amides is 2. The maximum Gasteiger partial charge on any atom is 0.407 e. The first-order valence-electron chi connectivity index (χ1n) is 11.8. The van der Waals surface area contributed by atoms with Gasteiger partial charge in [-0.1, -0.05) is 6.07 Å². The highest BCUT2D eigenvalue weighted by atomic mass is 19.1. The molecule has 2 unspecified atom stereocenters. The van der Waals surface area contributed by atoms with E-state index in [1.54, 1.807) is 56.6 Å². The maximum atomic E-state index is 14.8. The van der Waals surface area contributed by atoms with Crippen LogP contribution in [-0.4, -0.2) is 48.8 Å². The van der Waals surface area contributed by atoms with Gasteiger partial charge >= 0.3 is 6.09 Å². The molecule has 2 aromatic heterocycles. The monoisotopic (exact) mass is 495 g/mol. The first-order valence-corrected chi connectivity index (χ1v) is 11.8. The number of rotatable bonds is 6. The van der Waals surface area contributed by atoms with E-state index in [4.69, 9.17) is 4.74 Å². The summed E-state index contributed by atoms with van der Waals surface area (Å²) in [6.45, 7) is 11.1. The lowest BCUT2D eigenvalue weighted by atomic mass is 9.99. The third-order valence-corrected chi connectivity index (χ3v) is 5.69. The average Bonchev–Trinajstić information content (AvgIpc) is 3.32. The van der Waals surface area contributed by atoms with E-state index in [9.17, 15) is 14.0 Å². The van der Waals surface area contributed by atoms with Crippen LogP contribution in [0.5, 0.6) is 0 Å². The second kappa shape index (κ2) is 9.63. The van der Waals surface area contributed by atoms with Gasteiger partial charge in [-0.3, -0.25) is 4.79 Å². The third-order valence-electron chi connectivity index (χ3n) is 5.69. The first-order chi connectivity index (χ1) is 16.9. The molecule has 11 heteroatoms. The van der Waals surface area contributed by atoms with Crippen LogP contribution in [-0.2, 0) is 4.74 Å². The van der Waals surface area contributed by atoms with Gasteiger partial charge in [0.2, 0.25) is 5.82 Å². The summed E-state index contributed by atoms with van der Waals surface area (Å²) in [5.74, 6) is -0.582. The van der Waals surface area contributed by atoms with Crippen molar-refractivity contribution < 1.29 is 18.7 Å². The number of hydrogen-bond acceptors (Lipinski definition) is 7. The van der Waals surface area contributed by atoms with E-state index in [0.29, 0.717) is 23.5 Å². The Kier molecular flexibility index (Phi) is 6.75. The molecule has 1 fully saturated rings. The predicted octanol–water partition coefficient (Wildman–Crippen LogP) is 4.40. The number of carbonyl (C=O) groups excluding carboxylic acids is 2. The first kappa shape index (κ1) is 25.2. The van der Waals surface area contributed by atoms with Crippen molar-refractivity contribution in [1.82, 2.24) is 30.5 Å². The quantitative estimate of drug-likeness (QED) is 0.519. The minimum atomic E-state index is -0.633. The maximum absolute atomic E-state index is 14.8. The summed E-state index contributed by atoms with van der Waals surface area (Å²) < 4.78 is 21.7. The number of tetrazole rings is 1.